The number of methoxy groups -OCH3 is 1. The van der Waals surface area contributed by atoms with Crippen molar-refractivity contribution in [2.45, 2.75) is 13.8 Å². The van der Waals surface area contributed by atoms with Crippen molar-refractivity contribution >= 4 is 17.6 Å². The molecule has 0 unspecified atom stereocenters. The largest absolute Gasteiger partial charge is 0.494 e. The highest BCUT2D eigenvalue weighted by molar-refractivity contribution is 6.05. The van der Waals surface area contributed by atoms with Crippen LogP contribution in [0.5, 0.6) is 11.5 Å². The molecule has 0 aromatic heterocycles. The van der Waals surface area contributed by atoms with Crippen molar-refractivity contribution in [3.63, 3.8) is 0 Å². The molecule has 0 saturated heterocycles. The minimum atomic E-state index is -0.427. The minimum Gasteiger partial charge on any atom is -0.494 e. The predicted molar refractivity (Wildman–Crippen MR) is 94.5 cm³/mol. The summed E-state index contributed by atoms with van der Waals surface area (Å²) < 4.78 is 15.6. The molecule has 0 radical (unpaired) electrons. The number of nitrogens with one attached hydrogen (secondary N) is 1. The van der Waals surface area contributed by atoms with Crippen LogP contribution in [0.2, 0.25) is 0 Å². The molecular formula is C19H21NO5. The van der Waals surface area contributed by atoms with Gasteiger partial charge in [0.1, 0.15) is 11.5 Å². The summed E-state index contributed by atoms with van der Waals surface area (Å²) in [6, 6.07) is 11.5. The van der Waals surface area contributed by atoms with Crippen molar-refractivity contribution in [1.29, 1.82) is 0 Å². The van der Waals surface area contributed by atoms with Crippen LogP contribution < -0.4 is 14.8 Å². The van der Waals surface area contributed by atoms with Crippen LogP contribution >= 0.6 is 0 Å². The van der Waals surface area contributed by atoms with E-state index in [1.54, 1.807) is 42.5 Å². The molecule has 1 N–H and O–H groups in total. The number of benzene rings is 2. The van der Waals surface area contributed by atoms with E-state index in [4.69, 9.17) is 9.47 Å². The molecule has 0 fully saturated rings. The Bertz CT molecular complexity index is 716. The highest BCUT2D eigenvalue weighted by atomic mass is 16.5. The molecule has 2 aromatic carbocycles. The van der Waals surface area contributed by atoms with Gasteiger partial charge in [-0.1, -0.05) is 0 Å². The Hall–Kier alpha value is -3.02. The standard InChI is InChI=1S/C19H21NO5/c1-4-24-16-10-14(11-17(12-16)25-5-2)18(21)20-15-8-6-13(7-9-15)19(22)23-3/h6-12H,4-5H2,1-3H3,(H,20,21). The maximum absolute atomic E-state index is 12.5. The van der Waals surface area contributed by atoms with Crippen molar-refractivity contribution in [2.75, 3.05) is 25.6 Å². The van der Waals surface area contributed by atoms with Crippen molar-refractivity contribution in [3.05, 3.63) is 53.6 Å². The summed E-state index contributed by atoms with van der Waals surface area (Å²) in [5, 5.41) is 2.78. The van der Waals surface area contributed by atoms with Gasteiger partial charge in [-0.05, 0) is 50.2 Å². The topological polar surface area (TPSA) is 73.9 Å². The lowest BCUT2D eigenvalue weighted by atomic mass is 10.1. The Morgan fingerprint density at radius 1 is 0.880 bits per heavy atom. The van der Waals surface area contributed by atoms with E-state index in [0.29, 0.717) is 41.5 Å². The second kappa shape index (κ2) is 8.73. The Balaban J connectivity index is 2.17. The van der Waals surface area contributed by atoms with Gasteiger partial charge in [-0.25, -0.2) is 4.79 Å². The van der Waals surface area contributed by atoms with Crippen LogP contribution in [-0.2, 0) is 4.74 Å². The molecule has 2 rings (SSSR count). The first-order chi connectivity index (χ1) is 12.1. The highest BCUT2D eigenvalue weighted by Crippen LogP contribution is 2.24. The quantitative estimate of drug-likeness (QED) is 0.779. The van der Waals surface area contributed by atoms with Gasteiger partial charge in [0.05, 0.1) is 25.9 Å². The average Bonchev–Trinajstić information content (AvgIpc) is 2.62. The van der Waals surface area contributed by atoms with Gasteiger partial charge in [0.25, 0.3) is 5.91 Å². The summed E-state index contributed by atoms with van der Waals surface area (Å²) in [7, 11) is 1.32. The van der Waals surface area contributed by atoms with Crippen LogP contribution in [0.1, 0.15) is 34.6 Å². The number of esters is 1. The molecule has 6 heteroatoms. The molecule has 6 nitrogen and oxygen atoms in total. The third-order valence-electron chi connectivity index (χ3n) is 3.33. The van der Waals surface area contributed by atoms with Crippen LogP contribution in [0.3, 0.4) is 0 Å². The van der Waals surface area contributed by atoms with E-state index < -0.39 is 5.97 Å². The Kier molecular flexibility index (Phi) is 6.39. The monoisotopic (exact) mass is 343 g/mol. The van der Waals surface area contributed by atoms with Gasteiger partial charge in [0, 0.05) is 17.3 Å². The minimum absolute atomic E-state index is 0.298. The SMILES string of the molecule is CCOc1cc(OCC)cc(C(=O)Nc2ccc(C(=O)OC)cc2)c1. The first-order valence-electron chi connectivity index (χ1n) is 7.97. The zero-order valence-corrected chi connectivity index (χ0v) is 14.5. The molecule has 0 aliphatic heterocycles. The van der Waals surface area contributed by atoms with E-state index in [0.717, 1.165) is 0 Å². The maximum Gasteiger partial charge on any atom is 0.337 e. The molecule has 0 aliphatic rings. The van der Waals surface area contributed by atoms with Gasteiger partial charge in [-0.3, -0.25) is 4.79 Å². The smallest absolute Gasteiger partial charge is 0.337 e. The third kappa shape index (κ3) is 4.97. The average molecular weight is 343 g/mol. The number of hydrogen-bond acceptors (Lipinski definition) is 5. The zero-order valence-electron chi connectivity index (χ0n) is 14.5. The molecule has 0 bridgehead atoms. The fourth-order valence-electron chi connectivity index (χ4n) is 2.21. The fraction of sp³-hybridized carbons (Fsp3) is 0.263. The second-order valence-corrected chi connectivity index (χ2v) is 5.08. The number of hydrogen-bond donors (Lipinski definition) is 1. The normalized spacial score (nSPS) is 10.0. The summed E-state index contributed by atoms with van der Waals surface area (Å²) in [5.41, 5.74) is 1.40. The molecule has 1 amide bonds. The van der Waals surface area contributed by atoms with E-state index in [2.05, 4.69) is 10.1 Å². The number of carbonyl (C=O) groups excluding carboxylic acids is 2. The van der Waals surface area contributed by atoms with Crippen LogP contribution in [0, 0.1) is 0 Å². The van der Waals surface area contributed by atoms with Gasteiger partial charge >= 0.3 is 5.97 Å². The molecule has 0 atom stereocenters. The Morgan fingerprint density at radius 2 is 1.44 bits per heavy atom. The van der Waals surface area contributed by atoms with Crippen LogP contribution in [0.15, 0.2) is 42.5 Å². The van der Waals surface area contributed by atoms with Gasteiger partial charge in [0.15, 0.2) is 0 Å². The lowest BCUT2D eigenvalue weighted by Gasteiger charge is -2.11. The van der Waals surface area contributed by atoms with Crippen LogP contribution in [0.4, 0.5) is 5.69 Å². The molecule has 25 heavy (non-hydrogen) atoms. The molecular weight excluding hydrogens is 322 g/mol. The fourth-order valence-corrected chi connectivity index (χ4v) is 2.21. The van der Waals surface area contributed by atoms with Gasteiger partial charge in [0.2, 0.25) is 0 Å². The first-order valence-corrected chi connectivity index (χ1v) is 7.97. The first kappa shape index (κ1) is 18.3. The lowest BCUT2D eigenvalue weighted by molar-refractivity contribution is 0.0600. The molecule has 0 heterocycles. The lowest BCUT2D eigenvalue weighted by Crippen LogP contribution is -2.13. The number of ether oxygens (including phenoxy) is 3. The van der Waals surface area contributed by atoms with Gasteiger partial charge in [-0.2, -0.15) is 0 Å². The van der Waals surface area contributed by atoms with Gasteiger partial charge < -0.3 is 19.5 Å². The molecule has 0 spiro atoms. The summed E-state index contributed by atoms with van der Waals surface area (Å²) in [4.78, 5) is 23.9. The number of amides is 1. The van der Waals surface area contributed by atoms with E-state index in [1.165, 1.54) is 7.11 Å². The summed E-state index contributed by atoms with van der Waals surface area (Å²) >= 11 is 0. The summed E-state index contributed by atoms with van der Waals surface area (Å²) in [6.07, 6.45) is 0. The number of anilines is 1. The third-order valence-corrected chi connectivity index (χ3v) is 3.33. The van der Waals surface area contributed by atoms with E-state index in [-0.39, 0.29) is 5.91 Å². The van der Waals surface area contributed by atoms with Crippen molar-refractivity contribution in [2.24, 2.45) is 0 Å². The molecule has 0 aliphatic carbocycles. The Labute approximate surface area is 146 Å². The summed E-state index contributed by atoms with van der Waals surface area (Å²) in [5.74, 6) is 0.413. The van der Waals surface area contributed by atoms with Crippen molar-refractivity contribution < 1.29 is 23.8 Å². The van der Waals surface area contributed by atoms with Crippen molar-refractivity contribution in [3.8, 4) is 11.5 Å². The number of carbonyl (C=O) groups is 2. The van der Waals surface area contributed by atoms with Crippen molar-refractivity contribution in [1.82, 2.24) is 0 Å². The number of rotatable bonds is 7. The molecule has 0 saturated carbocycles. The molecule has 132 valence electrons. The summed E-state index contributed by atoms with van der Waals surface area (Å²) in [6.45, 7) is 4.73. The zero-order chi connectivity index (χ0) is 18.2. The van der Waals surface area contributed by atoms with E-state index >= 15 is 0 Å². The second-order valence-electron chi connectivity index (χ2n) is 5.08. The van der Waals surface area contributed by atoms with Crippen LogP contribution in [0.25, 0.3) is 0 Å². The van der Waals surface area contributed by atoms with E-state index in [9.17, 15) is 9.59 Å². The maximum atomic E-state index is 12.5. The van der Waals surface area contributed by atoms with E-state index in [1.807, 2.05) is 13.8 Å². The Morgan fingerprint density at radius 3 is 1.92 bits per heavy atom. The van der Waals surface area contributed by atoms with Gasteiger partial charge in [-0.15, -0.1) is 0 Å². The van der Waals surface area contributed by atoms with Crippen LogP contribution in [-0.4, -0.2) is 32.2 Å². The predicted octanol–water partition coefficient (Wildman–Crippen LogP) is 3.52. The molecule has 2 aromatic rings. The highest BCUT2D eigenvalue weighted by Gasteiger charge is 2.11.